The van der Waals surface area contributed by atoms with E-state index in [0.717, 1.165) is 12.0 Å². The molecule has 1 amide bonds. The van der Waals surface area contributed by atoms with Crippen LogP contribution >= 0.6 is 11.6 Å². The number of carbonyl (C=O) groups excluding carboxylic acids is 1. The summed E-state index contributed by atoms with van der Waals surface area (Å²) >= 11 is 6.02. The average Bonchev–Trinajstić information content (AvgIpc) is 2.99. The number of nitrogens with zero attached hydrogens (tertiary/aromatic N) is 1. The van der Waals surface area contributed by atoms with E-state index < -0.39 is 17.6 Å². The Morgan fingerprint density at radius 3 is 2.61 bits per heavy atom. The van der Waals surface area contributed by atoms with Gasteiger partial charge in [-0.2, -0.15) is 5.26 Å². The van der Waals surface area contributed by atoms with E-state index in [9.17, 15) is 15.2 Å². The molecule has 1 heterocycles. The van der Waals surface area contributed by atoms with Crippen molar-refractivity contribution in [3.05, 3.63) is 34.9 Å². The smallest absolute Gasteiger partial charge is 0.237 e. The molecule has 2 rings (SSSR count). The summed E-state index contributed by atoms with van der Waals surface area (Å²) < 4.78 is 0. The van der Waals surface area contributed by atoms with Crippen molar-refractivity contribution in [2.45, 2.75) is 63.6 Å². The molecule has 1 aromatic rings. The Balaban J connectivity index is 2.23. The summed E-state index contributed by atoms with van der Waals surface area (Å²) in [6, 6.07) is 9.07. The van der Waals surface area contributed by atoms with Gasteiger partial charge in [0.25, 0.3) is 0 Å². The molecule has 154 valence electrons. The molecule has 28 heavy (non-hydrogen) atoms. The van der Waals surface area contributed by atoms with Crippen LogP contribution in [0.5, 0.6) is 0 Å². The van der Waals surface area contributed by atoms with Crippen LogP contribution < -0.4 is 10.6 Å². The molecule has 4 atom stereocenters. The summed E-state index contributed by atoms with van der Waals surface area (Å²) in [5.41, 5.74) is -0.0000419. The van der Waals surface area contributed by atoms with Gasteiger partial charge in [-0.1, -0.05) is 44.5 Å². The molecule has 0 saturated carbocycles. The molecule has 1 saturated heterocycles. The summed E-state index contributed by atoms with van der Waals surface area (Å²) in [6.45, 7) is 6.27. The van der Waals surface area contributed by atoms with E-state index in [-0.39, 0.29) is 36.9 Å². The average molecular weight is 408 g/mol. The van der Waals surface area contributed by atoms with E-state index in [1.807, 2.05) is 12.1 Å². The van der Waals surface area contributed by atoms with Gasteiger partial charge < -0.3 is 20.8 Å². The van der Waals surface area contributed by atoms with E-state index in [1.54, 1.807) is 12.1 Å². The van der Waals surface area contributed by atoms with Gasteiger partial charge in [0.15, 0.2) is 0 Å². The molecule has 3 unspecified atom stereocenters. The number of aliphatic hydroxyl groups is 2. The van der Waals surface area contributed by atoms with Crippen molar-refractivity contribution < 1.29 is 15.0 Å². The fourth-order valence-electron chi connectivity index (χ4n) is 3.75. The number of rotatable bonds is 7. The number of nitrogens with one attached hydrogen (secondary N) is 2. The van der Waals surface area contributed by atoms with Gasteiger partial charge >= 0.3 is 0 Å². The molecule has 0 aliphatic carbocycles. The number of aliphatic hydroxyl groups excluding tert-OH is 2. The highest BCUT2D eigenvalue weighted by molar-refractivity contribution is 6.30. The number of amides is 1. The highest BCUT2D eigenvalue weighted by Crippen LogP contribution is 2.42. The second-order valence-corrected chi connectivity index (χ2v) is 9.18. The van der Waals surface area contributed by atoms with Crippen molar-refractivity contribution in [2.24, 2.45) is 5.41 Å². The van der Waals surface area contributed by atoms with E-state index in [0.29, 0.717) is 11.4 Å². The standard InChI is InChI=1S/C21H30ClN3O3/c1-20(2,3)11-18-21(13-23,14-4-6-15(22)7-5-14)10-17(25-18)19(28)24-9-8-16(27)12-26/h4-7,16-18,25-27H,8-12H2,1-3H3,(H,24,28)/t16-,17?,18?,21?/m0/s1. The Bertz CT molecular complexity index is 711. The highest BCUT2D eigenvalue weighted by Gasteiger charge is 2.51. The van der Waals surface area contributed by atoms with Gasteiger partial charge in [-0.05, 0) is 42.4 Å². The van der Waals surface area contributed by atoms with Gasteiger partial charge in [0.2, 0.25) is 5.91 Å². The fraction of sp³-hybridized carbons (Fsp3) is 0.619. The van der Waals surface area contributed by atoms with Crippen LogP contribution in [0.1, 0.15) is 45.6 Å². The first-order chi connectivity index (χ1) is 13.1. The minimum Gasteiger partial charge on any atom is -0.394 e. The molecule has 1 aliphatic heterocycles. The quantitative estimate of drug-likeness (QED) is 0.554. The van der Waals surface area contributed by atoms with Gasteiger partial charge in [-0.15, -0.1) is 0 Å². The lowest BCUT2D eigenvalue weighted by molar-refractivity contribution is -0.123. The molecule has 6 nitrogen and oxygen atoms in total. The SMILES string of the molecule is CC(C)(C)CC1NC(C(=O)NCC[C@H](O)CO)CC1(C#N)c1ccc(Cl)cc1. The number of carbonyl (C=O) groups is 1. The largest absolute Gasteiger partial charge is 0.394 e. The van der Waals surface area contributed by atoms with E-state index in [1.165, 1.54) is 0 Å². The predicted octanol–water partition coefficient (Wildman–Crippen LogP) is 2.13. The van der Waals surface area contributed by atoms with Crippen LogP contribution in [-0.4, -0.2) is 47.5 Å². The molecule has 1 aromatic carbocycles. The first-order valence-electron chi connectivity index (χ1n) is 9.61. The second-order valence-electron chi connectivity index (χ2n) is 8.75. The molecule has 0 spiro atoms. The minimum atomic E-state index is -0.849. The topological polar surface area (TPSA) is 105 Å². The highest BCUT2D eigenvalue weighted by atomic mass is 35.5. The van der Waals surface area contributed by atoms with Crippen molar-refractivity contribution in [1.82, 2.24) is 10.6 Å². The molecule has 7 heteroatoms. The molecule has 1 fully saturated rings. The molecule has 4 N–H and O–H groups in total. The first kappa shape index (κ1) is 22.6. The third-order valence-corrected chi connectivity index (χ3v) is 5.45. The van der Waals surface area contributed by atoms with Crippen molar-refractivity contribution in [2.75, 3.05) is 13.2 Å². The fourth-order valence-corrected chi connectivity index (χ4v) is 3.88. The third-order valence-electron chi connectivity index (χ3n) is 5.20. The minimum absolute atomic E-state index is 0.0250. The third kappa shape index (κ3) is 5.45. The second kappa shape index (κ2) is 9.23. The maximum Gasteiger partial charge on any atom is 0.237 e. The van der Waals surface area contributed by atoms with Crippen LogP contribution in [0.25, 0.3) is 0 Å². The summed E-state index contributed by atoms with van der Waals surface area (Å²) in [7, 11) is 0. The molecular weight excluding hydrogens is 378 g/mol. The van der Waals surface area contributed by atoms with Crippen LogP contribution in [-0.2, 0) is 10.2 Å². The molecule has 1 aliphatic rings. The zero-order chi connectivity index (χ0) is 20.9. The Kier molecular flexibility index (Phi) is 7.46. The maximum absolute atomic E-state index is 12.7. The van der Waals surface area contributed by atoms with Gasteiger partial charge in [0.05, 0.1) is 30.2 Å². The van der Waals surface area contributed by atoms with Gasteiger partial charge in [-0.3, -0.25) is 4.79 Å². The Labute approximate surface area is 171 Å². The van der Waals surface area contributed by atoms with E-state index in [4.69, 9.17) is 16.7 Å². The van der Waals surface area contributed by atoms with Gasteiger partial charge in [-0.25, -0.2) is 0 Å². The summed E-state index contributed by atoms with van der Waals surface area (Å²) in [6.07, 6.45) is 0.523. The lowest BCUT2D eigenvalue weighted by atomic mass is 9.70. The van der Waals surface area contributed by atoms with Crippen molar-refractivity contribution in [3.8, 4) is 6.07 Å². The lowest BCUT2D eigenvalue weighted by Crippen LogP contribution is -2.45. The lowest BCUT2D eigenvalue weighted by Gasteiger charge is -2.33. The summed E-state index contributed by atoms with van der Waals surface area (Å²) in [4.78, 5) is 12.7. The van der Waals surface area contributed by atoms with E-state index in [2.05, 4.69) is 37.5 Å². The maximum atomic E-state index is 12.7. The summed E-state index contributed by atoms with van der Waals surface area (Å²) in [5, 5.41) is 35.2. The zero-order valence-corrected chi connectivity index (χ0v) is 17.5. The Morgan fingerprint density at radius 2 is 2.07 bits per heavy atom. The van der Waals surface area contributed by atoms with E-state index >= 15 is 0 Å². The molecule has 0 bridgehead atoms. The van der Waals surface area contributed by atoms with Gasteiger partial charge in [0.1, 0.15) is 0 Å². The zero-order valence-electron chi connectivity index (χ0n) is 16.7. The molecule has 0 radical (unpaired) electrons. The number of nitriles is 1. The van der Waals surface area contributed by atoms with Gasteiger partial charge in [0, 0.05) is 17.6 Å². The Hall–Kier alpha value is -1.65. The molecular formula is C21H30ClN3O3. The number of hydrogen-bond donors (Lipinski definition) is 4. The van der Waals surface area contributed by atoms with Crippen LogP contribution in [0, 0.1) is 16.7 Å². The number of halogens is 1. The first-order valence-corrected chi connectivity index (χ1v) is 9.99. The normalized spacial score (nSPS) is 25.9. The van der Waals surface area contributed by atoms with Crippen molar-refractivity contribution in [1.29, 1.82) is 5.26 Å². The molecule has 0 aromatic heterocycles. The van der Waals surface area contributed by atoms with Crippen molar-refractivity contribution in [3.63, 3.8) is 0 Å². The van der Waals surface area contributed by atoms with Crippen LogP contribution in [0.2, 0.25) is 5.02 Å². The van der Waals surface area contributed by atoms with Crippen molar-refractivity contribution >= 4 is 17.5 Å². The van der Waals surface area contributed by atoms with Crippen LogP contribution in [0.3, 0.4) is 0 Å². The van der Waals surface area contributed by atoms with Crippen LogP contribution in [0.4, 0.5) is 0 Å². The van der Waals surface area contributed by atoms with Crippen LogP contribution in [0.15, 0.2) is 24.3 Å². The monoisotopic (exact) mass is 407 g/mol. The number of hydrogen-bond acceptors (Lipinski definition) is 5. The summed E-state index contributed by atoms with van der Waals surface area (Å²) in [5.74, 6) is -0.199. The Morgan fingerprint density at radius 1 is 1.43 bits per heavy atom. The number of benzene rings is 1. The predicted molar refractivity (Wildman–Crippen MR) is 109 cm³/mol.